The Morgan fingerprint density at radius 3 is 2.84 bits per heavy atom. The Morgan fingerprint density at radius 2 is 2.16 bits per heavy atom. The monoisotopic (exact) mass is 297 g/mol. The van der Waals surface area contributed by atoms with E-state index in [4.69, 9.17) is 21.9 Å². The Labute approximate surface area is 121 Å². The third kappa shape index (κ3) is 4.14. The van der Waals surface area contributed by atoms with Crippen LogP contribution in [0.4, 0.5) is 5.69 Å². The van der Waals surface area contributed by atoms with Crippen LogP contribution in [0.25, 0.3) is 11.5 Å². The van der Waals surface area contributed by atoms with Crippen molar-refractivity contribution >= 4 is 29.1 Å². The van der Waals surface area contributed by atoms with Crippen molar-refractivity contribution < 1.29 is 4.52 Å². The molecule has 0 saturated heterocycles. The number of nitrogens with zero attached hydrogens (tertiary/aromatic N) is 2. The maximum Gasteiger partial charge on any atom is 0.258 e. The fraction of sp³-hybridized carbons (Fsp3) is 0.385. The Bertz CT molecular complexity index is 536. The number of benzene rings is 1. The van der Waals surface area contributed by atoms with Crippen LogP contribution in [0.3, 0.4) is 0 Å². The number of aromatic nitrogens is 2. The number of anilines is 1. The molecule has 0 aliphatic heterocycles. The zero-order chi connectivity index (χ0) is 13.8. The van der Waals surface area contributed by atoms with E-state index < -0.39 is 0 Å². The van der Waals surface area contributed by atoms with Crippen molar-refractivity contribution in [3.8, 4) is 11.5 Å². The summed E-state index contributed by atoms with van der Waals surface area (Å²) in [5.74, 6) is 3.63. The van der Waals surface area contributed by atoms with Gasteiger partial charge in [-0.15, -0.1) is 0 Å². The molecule has 0 aliphatic carbocycles. The number of nitrogens with two attached hydrogens (primary N) is 1. The smallest absolute Gasteiger partial charge is 0.258 e. The van der Waals surface area contributed by atoms with Gasteiger partial charge in [0, 0.05) is 16.3 Å². The first kappa shape index (κ1) is 14.2. The summed E-state index contributed by atoms with van der Waals surface area (Å²) in [7, 11) is 0. The normalized spacial score (nSPS) is 11.2. The lowest BCUT2D eigenvalue weighted by Gasteiger charge is -2.00. The Balaban J connectivity index is 2.07. The van der Waals surface area contributed by atoms with Crippen molar-refractivity contribution in [1.82, 2.24) is 10.1 Å². The molecule has 1 aromatic carbocycles. The maximum absolute atomic E-state index is 5.95. The molecule has 0 fully saturated rings. The summed E-state index contributed by atoms with van der Waals surface area (Å²) in [4.78, 5) is 4.35. The summed E-state index contributed by atoms with van der Waals surface area (Å²) in [6.45, 7) is 4.37. The molecule has 2 N–H and O–H groups in total. The Hall–Kier alpha value is -1.20. The SMILES string of the molecule is CC(C)CSCc1noc(-c2cc(N)cc(Cl)c2)n1. The van der Waals surface area contributed by atoms with E-state index in [0.29, 0.717) is 28.3 Å². The van der Waals surface area contributed by atoms with Gasteiger partial charge >= 0.3 is 0 Å². The minimum atomic E-state index is 0.453. The van der Waals surface area contributed by atoms with Crippen molar-refractivity contribution in [3.63, 3.8) is 0 Å². The molecule has 19 heavy (non-hydrogen) atoms. The van der Waals surface area contributed by atoms with Crippen LogP contribution in [0.5, 0.6) is 0 Å². The molecule has 0 atom stereocenters. The molecule has 0 radical (unpaired) electrons. The van der Waals surface area contributed by atoms with Crippen LogP contribution in [-0.4, -0.2) is 15.9 Å². The van der Waals surface area contributed by atoms with Gasteiger partial charge in [-0.05, 0) is 29.9 Å². The van der Waals surface area contributed by atoms with E-state index in [0.717, 1.165) is 17.1 Å². The van der Waals surface area contributed by atoms with Crippen LogP contribution in [0.1, 0.15) is 19.7 Å². The lowest BCUT2D eigenvalue weighted by molar-refractivity contribution is 0.425. The molecule has 0 spiro atoms. The summed E-state index contributed by atoms with van der Waals surface area (Å²) in [5.41, 5.74) is 7.07. The molecule has 1 heterocycles. The largest absolute Gasteiger partial charge is 0.399 e. The quantitative estimate of drug-likeness (QED) is 0.849. The third-order valence-electron chi connectivity index (χ3n) is 2.32. The fourth-order valence-corrected chi connectivity index (χ4v) is 2.68. The van der Waals surface area contributed by atoms with E-state index in [1.54, 1.807) is 30.0 Å². The van der Waals surface area contributed by atoms with Crippen molar-refractivity contribution in [3.05, 3.63) is 29.0 Å². The predicted octanol–water partition coefficient (Wildman–Crippen LogP) is 3.86. The number of hydrogen-bond donors (Lipinski definition) is 1. The summed E-state index contributed by atoms with van der Waals surface area (Å²) >= 11 is 7.74. The molecule has 6 heteroatoms. The van der Waals surface area contributed by atoms with Gasteiger partial charge in [0.1, 0.15) is 0 Å². The summed E-state index contributed by atoms with van der Waals surface area (Å²) < 4.78 is 5.23. The van der Waals surface area contributed by atoms with Crippen LogP contribution in [0.15, 0.2) is 22.7 Å². The highest BCUT2D eigenvalue weighted by molar-refractivity contribution is 7.98. The number of halogens is 1. The zero-order valence-corrected chi connectivity index (χ0v) is 12.5. The molecule has 2 aromatic rings. The third-order valence-corrected chi connectivity index (χ3v) is 3.90. The average molecular weight is 298 g/mol. The van der Waals surface area contributed by atoms with Crippen molar-refractivity contribution in [1.29, 1.82) is 0 Å². The van der Waals surface area contributed by atoms with Gasteiger partial charge in [0.05, 0.1) is 5.75 Å². The Kier molecular flexibility index (Phi) is 4.71. The molecule has 2 rings (SSSR count). The van der Waals surface area contributed by atoms with Crippen molar-refractivity contribution in [2.75, 3.05) is 11.5 Å². The van der Waals surface area contributed by atoms with Gasteiger partial charge in [0.2, 0.25) is 0 Å². The molecule has 0 saturated carbocycles. The van der Waals surface area contributed by atoms with E-state index >= 15 is 0 Å². The second-order valence-electron chi connectivity index (χ2n) is 4.70. The van der Waals surface area contributed by atoms with Gasteiger partial charge < -0.3 is 10.3 Å². The molecular formula is C13H16ClN3OS. The predicted molar refractivity (Wildman–Crippen MR) is 80.2 cm³/mol. The summed E-state index contributed by atoms with van der Waals surface area (Å²) in [6, 6.07) is 5.21. The standard InChI is InChI=1S/C13H16ClN3OS/c1-8(2)6-19-7-12-16-13(18-17-12)9-3-10(14)5-11(15)4-9/h3-5,8H,6-7,15H2,1-2H3. The van der Waals surface area contributed by atoms with Gasteiger partial charge in [0.25, 0.3) is 5.89 Å². The first-order chi connectivity index (χ1) is 9.04. The zero-order valence-electron chi connectivity index (χ0n) is 10.9. The number of nitrogen functional groups attached to an aromatic ring is 1. The Morgan fingerprint density at radius 1 is 1.37 bits per heavy atom. The van der Waals surface area contributed by atoms with E-state index in [9.17, 15) is 0 Å². The van der Waals surface area contributed by atoms with Crippen molar-refractivity contribution in [2.24, 2.45) is 5.92 Å². The average Bonchev–Trinajstić information content (AvgIpc) is 2.76. The van der Waals surface area contributed by atoms with Gasteiger partial charge in [-0.3, -0.25) is 0 Å². The van der Waals surface area contributed by atoms with E-state index in [2.05, 4.69) is 24.0 Å². The van der Waals surface area contributed by atoms with Gasteiger partial charge in [-0.25, -0.2) is 0 Å². The van der Waals surface area contributed by atoms with E-state index in [1.165, 1.54) is 0 Å². The second kappa shape index (κ2) is 6.30. The number of rotatable bonds is 5. The lowest BCUT2D eigenvalue weighted by Crippen LogP contribution is -1.92. The lowest BCUT2D eigenvalue weighted by atomic mass is 10.2. The highest BCUT2D eigenvalue weighted by Crippen LogP contribution is 2.25. The molecule has 102 valence electrons. The van der Waals surface area contributed by atoms with Gasteiger partial charge in [-0.2, -0.15) is 16.7 Å². The van der Waals surface area contributed by atoms with Gasteiger partial charge in [0.15, 0.2) is 5.82 Å². The van der Waals surface area contributed by atoms with Crippen LogP contribution in [-0.2, 0) is 5.75 Å². The highest BCUT2D eigenvalue weighted by Gasteiger charge is 2.10. The van der Waals surface area contributed by atoms with Crippen LogP contribution >= 0.6 is 23.4 Å². The van der Waals surface area contributed by atoms with Gasteiger partial charge in [-0.1, -0.05) is 30.6 Å². The molecule has 0 bridgehead atoms. The number of hydrogen-bond acceptors (Lipinski definition) is 5. The first-order valence-corrected chi connectivity index (χ1v) is 7.54. The maximum atomic E-state index is 5.95. The topological polar surface area (TPSA) is 64.9 Å². The molecule has 0 amide bonds. The van der Waals surface area contributed by atoms with E-state index in [1.807, 2.05) is 0 Å². The number of thioether (sulfide) groups is 1. The molecule has 0 unspecified atom stereocenters. The molecule has 0 aliphatic rings. The molecule has 4 nitrogen and oxygen atoms in total. The van der Waals surface area contributed by atoms with Crippen LogP contribution < -0.4 is 5.73 Å². The molecular weight excluding hydrogens is 282 g/mol. The summed E-state index contributed by atoms with van der Waals surface area (Å²) in [5, 5.41) is 4.52. The fourth-order valence-electron chi connectivity index (χ4n) is 1.55. The first-order valence-electron chi connectivity index (χ1n) is 6.01. The highest BCUT2D eigenvalue weighted by atomic mass is 35.5. The minimum Gasteiger partial charge on any atom is -0.399 e. The summed E-state index contributed by atoms with van der Waals surface area (Å²) in [6.07, 6.45) is 0. The second-order valence-corrected chi connectivity index (χ2v) is 6.16. The van der Waals surface area contributed by atoms with E-state index in [-0.39, 0.29) is 0 Å². The minimum absolute atomic E-state index is 0.453. The molecule has 1 aromatic heterocycles. The van der Waals surface area contributed by atoms with Crippen molar-refractivity contribution in [2.45, 2.75) is 19.6 Å². The van der Waals surface area contributed by atoms with Crippen LogP contribution in [0, 0.1) is 5.92 Å². The van der Waals surface area contributed by atoms with Crippen LogP contribution in [0.2, 0.25) is 5.02 Å².